The Hall–Kier alpha value is -1.23. The molecule has 1 unspecified atom stereocenters. The number of H-pyrrole nitrogens is 1. The van der Waals surface area contributed by atoms with Crippen LogP contribution in [0.5, 0.6) is 0 Å². The molecular weight excluding hydrogens is 263 g/mol. The molecule has 0 aliphatic rings. The van der Waals surface area contributed by atoms with Gasteiger partial charge in [-0.05, 0) is 35.0 Å². The lowest BCUT2D eigenvalue weighted by Gasteiger charge is -2.03. The first-order chi connectivity index (χ1) is 7.08. The minimum Gasteiger partial charge on any atom is -0.320 e. The third-order valence-electron chi connectivity index (χ3n) is 2.12. The van der Waals surface area contributed by atoms with Crippen LogP contribution in [-0.4, -0.2) is 9.97 Å². The fraction of sp³-hybridized carbons (Fsp3) is 0.200. The molecule has 0 fully saturated rings. The average Bonchev–Trinajstić information content (AvgIpc) is 2.15. The van der Waals surface area contributed by atoms with E-state index in [2.05, 4.69) is 25.9 Å². The second kappa shape index (κ2) is 3.73. The Morgan fingerprint density at radius 2 is 2.27 bits per heavy atom. The van der Waals surface area contributed by atoms with Crippen LogP contribution in [0.15, 0.2) is 27.6 Å². The first-order valence-corrected chi connectivity index (χ1v) is 5.20. The number of hydrogen-bond acceptors (Lipinski definition) is 2. The minimum atomic E-state index is -1.29. The Morgan fingerprint density at radius 3 is 2.93 bits per heavy atom. The first-order valence-electron chi connectivity index (χ1n) is 4.40. The van der Waals surface area contributed by atoms with Gasteiger partial charge in [-0.15, -0.1) is 0 Å². The van der Waals surface area contributed by atoms with E-state index in [4.69, 9.17) is 0 Å². The molecule has 1 atom stereocenters. The lowest BCUT2D eigenvalue weighted by molar-refractivity contribution is 0.371. The molecule has 0 saturated heterocycles. The zero-order valence-electron chi connectivity index (χ0n) is 7.92. The Morgan fingerprint density at radius 1 is 1.53 bits per heavy atom. The molecule has 2 aromatic heterocycles. The van der Waals surface area contributed by atoms with Crippen molar-refractivity contribution in [2.75, 3.05) is 0 Å². The summed E-state index contributed by atoms with van der Waals surface area (Å²) in [6.07, 6.45) is 0.316. The maximum Gasteiger partial charge on any atom is 0.254 e. The Kier molecular flexibility index (Phi) is 2.56. The highest BCUT2D eigenvalue weighted by Gasteiger charge is 2.10. The van der Waals surface area contributed by atoms with Crippen molar-refractivity contribution >= 4 is 27.0 Å². The quantitative estimate of drug-likeness (QED) is 0.866. The highest BCUT2D eigenvalue weighted by atomic mass is 79.9. The summed E-state index contributed by atoms with van der Waals surface area (Å²) in [5, 5.41) is 0. The summed E-state index contributed by atoms with van der Waals surface area (Å²) in [5.74, 6) is 0. The van der Waals surface area contributed by atoms with Crippen molar-refractivity contribution in [1.29, 1.82) is 0 Å². The Labute approximate surface area is 93.5 Å². The summed E-state index contributed by atoms with van der Waals surface area (Å²) < 4.78 is 13.8. The summed E-state index contributed by atoms with van der Waals surface area (Å²) in [5.41, 5.74) is 0.880. The van der Waals surface area contributed by atoms with Gasteiger partial charge in [0.1, 0.15) is 6.17 Å². The predicted molar refractivity (Wildman–Crippen MR) is 59.6 cm³/mol. The van der Waals surface area contributed by atoms with E-state index in [9.17, 15) is 9.18 Å². The SMILES string of the molecule is CC(F)c1cc2ncc(Br)cc2[nH]c1=O. The molecule has 0 saturated carbocycles. The van der Waals surface area contributed by atoms with Crippen LogP contribution in [0.1, 0.15) is 18.7 Å². The molecule has 2 rings (SSSR count). The standard InChI is InChI=1S/C10H8BrFN2O/c1-5(12)7-3-8-9(14-10(7)15)2-6(11)4-13-8/h2-5H,1H3,(H,14,15). The molecule has 0 spiro atoms. The van der Waals surface area contributed by atoms with Crippen LogP contribution >= 0.6 is 15.9 Å². The second-order valence-corrected chi connectivity index (χ2v) is 4.17. The number of alkyl halides is 1. The van der Waals surface area contributed by atoms with Crippen molar-refractivity contribution < 1.29 is 4.39 Å². The lowest BCUT2D eigenvalue weighted by atomic mass is 10.2. The summed E-state index contributed by atoms with van der Waals surface area (Å²) in [7, 11) is 0. The molecule has 3 nitrogen and oxygen atoms in total. The predicted octanol–water partition coefficient (Wildman–Crippen LogP) is 2.72. The van der Waals surface area contributed by atoms with Gasteiger partial charge >= 0.3 is 0 Å². The third-order valence-corrected chi connectivity index (χ3v) is 2.55. The van der Waals surface area contributed by atoms with Crippen LogP contribution in [0.25, 0.3) is 11.0 Å². The second-order valence-electron chi connectivity index (χ2n) is 3.26. The molecule has 0 bridgehead atoms. The van der Waals surface area contributed by atoms with Gasteiger partial charge in [-0.3, -0.25) is 9.78 Å². The van der Waals surface area contributed by atoms with Crippen LogP contribution in [0.3, 0.4) is 0 Å². The molecule has 5 heteroatoms. The van der Waals surface area contributed by atoms with E-state index in [1.807, 2.05) is 0 Å². The van der Waals surface area contributed by atoms with E-state index in [0.717, 1.165) is 4.47 Å². The highest BCUT2D eigenvalue weighted by Crippen LogP contribution is 2.18. The molecule has 78 valence electrons. The number of rotatable bonds is 1. The molecule has 1 N–H and O–H groups in total. The maximum absolute atomic E-state index is 13.0. The van der Waals surface area contributed by atoms with Gasteiger partial charge < -0.3 is 4.98 Å². The average molecular weight is 271 g/mol. The van der Waals surface area contributed by atoms with E-state index < -0.39 is 11.7 Å². The van der Waals surface area contributed by atoms with Crippen molar-refractivity contribution in [2.24, 2.45) is 0 Å². The van der Waals surface area contributed by atoms with Gasteiger partial charge in [-0.25, -0.2) is 4.39 Å². The molecule has 0 aromatic carbocycles. The van der Waals surface area contributed by atoms with Crippen molar-refractivity contribution in [3.63, 3.8) is 0 Å². The van der Waals surface area contributed by atoms with E-state index in [0.29, 0.717) is 11.0 Å². The minimum absolute atomic E-state index is 0.109. The topological polar surface area (TPSA) is 45.8 Å². The molecule has 2 heterocycles. The summed E-state index contributed by atoms with van der Waals surface area (Å²) in [6, 6.07) is 3.21. The fourth-order valence-electron chi connectivity index (χ4n) is 1.37. The molecule has 0 aliphatic heterocycles. The smallest absolute Gasteiger partial charge is 0.254 e. The highest BCUT2D eigenvalue weighted by molar-refractivity contribution is 9.10. The van der Waals surface area contributed by atoms with Crippen LogP contribution in [0.2, 0.25) is 0 Å². The molecule has 15 heavy (non-hydrogen) atoms. The van der Waals surface area contributed by atoms with Crippen molar-refractivity contribution in [1.82, 2.24) is 9.97 Å². The number of fused-ring (bicyclic) bond motifs is 1. The number of hydrogen-bond donors (Lipinski definition) is 1. The maximum atomic E-state index is 13.0. The molecule has 0 radical (unpaired) electrons. The number of halogens is 2. The van der Waals surface area contributed by atoms with Gasteiger partial charge in [0.25, 0.3) is 5.56 Å². The summed E-state index contributed by atoms with van der Waals surface area (Å²) in [4.78, 5) is 18.1. The van der Waals surface area contributed by atoms with E-state index in [1.165, 1.54) is 13.0 Å². The summed E-state index contributed by atoms with van der Waals surface area (Å²) in [6.45, 7) is 1.33. The van der Waals surface area contributed by atoms with Crippen LogP contribution in [-0.2, 0) is 0 Å². The van der Waals surface area contributed by atoms with Crippen LogP contribution < -0.4 is 5.56 Å². The van der Waals surface area contributed by atoms with Gasteiger partial charge in [-0.1, -0.05) is 0 Å². The normalized spacial score (nSPS) is 13.0. The van der Waals surface area contributed by atoms with Crippen LogP contribution in [0.4, 0.5) is 4.39 Å². The number of pyridine rings is 2. The monoisotopic (exact) mass is 270 g/mol. The molecule has 2 aromatic rings. The van der Waals surface area contributed by atoms with Crippen molar-refractivity contribution in [3.05, 3.63) is 38.7 Å². The van der Waals surface area contributed by atoms with E-state index in [-0.39, 0.29) is 5.56 Å². The van der Waals surface area contributed by atoms with Crippen molar-refractivity contribution in [3.8, 4) is 0 Å². The number of aromatic nitrogens is 2. The largest absolute Gasteiger partial charge is 0.320 e. The lowest BCUT2D eigenvalue weighted by Crippen LogP contribution is -2.13. The Balaban J connectivity index is 2.76. The zero-order valence-corrected chi connectivity index (χ0v) is 9.51. The van der Waals surface area contributed by atoms with Gasteiger partial charge in [0.2, 0.25) is 0 Å². The van der Waals surface area contributed by atoms with Gasteiger partial charge in [0, 0.05) is 10.7 Å². The number of aromatic amines is 1. The van der Waals surface area contributed by atoms with Gasteiger partial charge in [0.15, 0.2) is 0 Å². The molecule has 0 amide bonds. The third kappa shape index (κ3) is 1.92. The zero-order chi connectivity index (χ0) is 11.0. The number of nitrogens with zero attached hydrogens (tertiary/aromatic N) is 1. The van der Waals surface area contributed by atoms with Gasteiger partial charge in [-0.2, -0.15) is 0 Å². The summed E-state index contributed by atoms with van der Waals surface area (Å²) >= 11 is 3.25. The van der Waals surface area contributed by atoms with Gasteiger partial charge in [0.05, 0.1) is 16.6 Å². The van der Waals surface area contributed by atoms with Crippen molar-refractivity contribution in [2.45, 2.75) is 13.1 Å². The first kappa shape index (κ1) is 10.3. The van der Waals surface area contributed by atoms with E-state index in [1.54, 1.807) is 12.3 Å². The molecular formula is C10H8BrFN2O. The van der Waals surface area contributed by atoms with Crippen LogP contribution in [0, 0.1) is 0 Å². The fourth-order valence-corrected chi connectivity index (χ4v) is 1.70. The van der Waals surface area contributed by atoms with E-state index >= 15 is 0 Å². The molecule has 0 aliphatic carbocycles. The Bertz CT molecular complexity index is 565. The number of nitrogens with one attached hydrogen (secondary N) is 1.